The van der Waals surface area contributed by atoms with Gasteiger partial charge in [0.25, 0.3) is 5.56 Å². The number of halogens is 3. The van der Waals surface area contributed by atoms with Gasteiger partial charge >= 0.3 is 6.18 Å². The summed E-state index contributed by atoms with van der Waals surface area (Å²) in [4.78, 5) is 47.8. The number of aromatic nitrogens is 2. The Labute approximate surface area is 226 Å². The second-order valence-electron chi connectivity index (χ2n) is 10.9. The van der Waals surface area contributed by atoms with Crippen LogP contribution in [0, 0.1) is 17.8 Å². The normalized spacial score (nSPS) is 25.2. The van der Waals surface area contributed by atoms with Crippen LogP contribution in [0.4, 0.5) is 18.9 Å². The molecule has 4 aromatic rings. The van der Waals surface area contributed by atoms with Gasteiger partial charge < -0.3 is 0 Å². The maximum absolute atomic E-state index is 14.4. The van der Waals surface area contributed by atoms with Crippen LogP contribution in [0.1, 0.15) is 30.8 Å². The van der Waals surface area contributed by atoms with E-state index in [-0.39, 0.29) is 17.3 Å². The highest BCUT2D eigenvalue weighted by Gasteiger charge is 2.70. The number of anilines is 1. The van der Waals surface area contributed by atoms with Gasteiger partial charge in [-0.15, -0.1) is 0 Å². The molecule has 2 amide bonds. The molecule has 40 heavy (non-hydrogen) atoms. The molecular weight excluding hydrogens is 521 g/mol. The van der Waals surface area contributed by atoms with E-state index in [2.05, 4.69) is 5.32 Å². The number of benzene rings is 3. The number of hydrogen-bond donors (Lipinski definition) is 1. The standard InChI is InChI=1S/C30H23F3N4O3/c1-15(2)24-22-23(27(40)36(26(22)39)21-14-8-5-11-18(21)30(31,32)33)29(35-24)17-10-4-7-13-20(17)37-25(38)16-9-3-6-12-19(16)34-28(29)37/h3-15,22-24,35H,1-2H3/t22-,23-,24+,29-/m1/s1. The fourth-order valence-electron chi connectivity index (χ4n) is 6.87. The van der Waals surface area contributed by atoms with E-state index in [9.17, 15) is 27.6 Å². The average Bonchev–Trinajstić information content (AvgIpc) is 3.52. The first kappa shape index (κ1) is 24.7. The molecule has 2 fully saturated rings. The van der Waals surface area contributed by atoms with Crippen molar-refractivity contribution >= 4 is 28.4 Å². The van der Waals surface area contributed by atoms with Gasteiger partial charge in [-0.2, -0.15) is 13.2 Å². The monoisotopic (exact) mass is 544 g/mol. The van der Waals surface area contributed by atoms with Crippen LogP contribution in [-0.2, 0) is 21.3 Å². The number of amides is 2. The molecular formula is C30H23F3N4O3. The summed E-state index contributed by atoms with van der Waals surface area (Å²) in [6.45, 7) is 3.78. The SMILES string of the molecule is CC(C)[C@@H]1N[C@]2(c3ccccc3-n3c2nc2ccccc2c3=O)[C@H]2C(=O)N(c3ccccc3C(F)(F)F)C(=O)[C@@H]12. The number of hydrogen-bond acceptors (Lipinski definition) is 5. The van der Waals surface area contributed by atoms with E-state index in [0.717, 1.165) is 12.1 Å². The highest BCUT2D eigenvalue weighted by molar-refractivity contribution is 6.23. The number of nitrogens with one attached hydrogen (secondary N) is 1. The van der Waals surface area contributed by atoms with Gasteiger partial charge in [-0.05, 0) is 36.2 Å². The molecule has 3 aliphatic heterocycles. The molecule has 1 aromatic heterocycles. The van der Waals surface area contributed by atoms with Crippen molar-refractivity contribution in [2.75, 3.05) is 4.90 Å². The van der Waals surface area contributed by atoms with Crippen molar-refractivity contribution in [1.29, 1.82) is 0 Å². The summed E-state index contributed by atoms with van der Waals surface area (Å²) >= 11 is 0. The Morgan fingerprint density at radius 3 is 2.25 bits per heavy atom. The van der Waals surface area contributed by atoms with Gasteiger partial charge in [0.2, 0.25) is 11.8 Å². The van der Waals surface area contributed by atoms with E-state index >= 15 is 0 Å². The summed E-state index contributed by atoms with van der Waals surface area (Å²) in [5.74, 6) is -3.48. The molecule has 1 N–H and O–H groups in total. The second-order valence-corrected chi connectivity index (χ2v) is 10.9. The predicted octanol–water partition coefficient (Wildman–Crippen LogP) is 4.40. The smallest absolute Gasteiger partial charge is 0.296 e. The van der Waals surface area contributed by atoms with E-state index in [1.165, 1.54) is 16.7 Å². The zero-order valence-corrected chi connectivity index (χ0v) is 21.4. The van der Waals surface area contributed by atoms with Gasteiger partial charge in [-0.25, -0.2) is 9.88 Å². The maximum Gasteiger partial charge on any atom is 0.418 e. The third-order valence-electron chi connectivity index (χ3n) is 8.47. The van der Waals surface area contributed by atoms with Crippen molar-refractivity contribution in [2.24, 2.45) is 17.8 Å². The minimum absolute atomic E-state index is 0.171. The van der Waals surface area contributed by atoms with Crippen molar-refractivity contribution in [1.82, 2.24) is 14.9 Å². The fraction of sp³-hybridized carbons (Fsp3) is 0.267. The van der Waals surface area contributed by atoms with Crippen LogP contribution in [0.5, 0.6) is 0 Å². The summed E-state index contributed by atoms with van der Waals surface area (Å²) in [6, 6.07) is 18.0. The van der Waals surface area contributed by atoms with Gasteiger partial charge in [0.1, 0.15) is 11.4 Å². The summed E-state index contributed by atoms with van der Waals surface area (Å²) in [5.41, 5.74) is -1.76. The average molecular weight is 545 g/mol. The highest BCUT2D eigenvalue weighted by Crippen LogP contribution is 2.57. The molecule has 202 valence electrons. The van der Waals surface area contributed by atoms with Gasteiger partial charge in [0, 0.05) is 11.6 Å². The van der Waals surface area contributed by atoms with Crippen LogP contribution in [-0.4, -0.2) is 27.4 Å². The molecule has 2 saturated heterocycles. The fourth-order valence-corrected chi connectivity index (χ4v) is 6.87. The molecule has 3 aliphatic rings. The zero-order chi connectivity index (χ0) is 28.1. The lowest BCUT2D eigenvalue weighted by atomic mass is 9.75. The second kappa shape index (κ2) is 8.11. The lowest BCUT2D eigenvalue weighted by Crippen LogP contribution is -2.51. The Morgan fingerprint density at radius 2 is 1.52 bits per heavy atom. The molecule has 0 unspecified atom stereocenters. The third-order valence-corrected chi connectivity index (χ3v) is 8.47. The van der Waals surface area contributed by atoms with E-state index < -0.39 is 52.7 Å². The summed E-state index contributed by atoms with van der Waals surface area (Å²) < 4.78 is 43.5. The summed E-state index contributed by atoms with van der Waals surface area (Å²) in [7, 11) is 0. The molecule has 0 bridgehead atoms. The van der Waals surface area contributed by atoms with E-state index in [0.29, 0.717) is 27.1 Å². The maximum atomic E-state index is 14.4. The number of imide groups is 1. The molecule has 0 saturated carbocycles. The minimum atomic E-state index is -4.78. The Kier molecular flexibility index (Phi) is 5.01. The summed E-state index contributed by atoms with van der Waals surface area (Å²) in [6.07, 6.45) is -4.78. The number of para-hydroxylation sites is 3. The molecule has 7 rings (SSSR count). The first-order valence-electron chi connectivity index (χ1n) is 13.0. The molecule has 1 spiro atoms. The number of carbonyl (C=O) groups excluding carboxylic acids is 2. The lowest BCUT2D eigenvalue weighted by molar-refractivity contribution is -0.137. The van der Waals surface area contributed by atoms with Crippen molar-refractivity contribution < 1.29 is 22.8 Å². The molecule has 0 aliphatic carbocycles. The number of alkyl halides is 3. The largest absolute Gasteiger partial charge is 0.418 e. The first-order valence-corrected chi connectivity index (χ1v) is 13.0. The van der Waals surface area contributed by atoms with Gasteiger partial charge in [0.15, 0.2) is 0 Å². The van der Waals surface area contributed by atoms with Crippen molar-refractivity contribution in [3.8, 4) is 5.69 Å². The molecule has 3 aromatic carbocycles. The molecule has 7 nitrogen and oxygen atoms in total. The minimum Gasteiger partial charge on any atom is -0.296 e. The van der Waals surface area contributed by atoms with Gasteiger partial charge in [-0.1, -0.05) is 56.3 Å². The molecule has 4 atom stereocenters. The van der Waals surface area contributed by atoms with Crippen LogP contribution in [0.15, 0.2) is 77.6 Å². The topological polar surface area (TPSA) is 84.3 Å². The van der Waals surface area contributed by atoms with E-state index in [4.69, 9.17) is 4.98 Å². The Bertz CT molecular complexity index is 1810. The lowest BCUT2D eigenvalue weighted by Gasteiger charge is -2.32. The Hall–Kier alpha value is -4.31. The van der Waals surface area contributed by atoms with Gasteiger partial charge in [-0.3, -0.25) is 24.3 Å². The number of nitrogens with zero attached hydrogens (tertiary/aromatic N) is 3. The number of fused-ring (bicyclic) bond motifs is 8. The highest BCUT2D eigenvalue weighted by atomic mass is 19.4. The predicted molar refractivity (Wildman–Crippen MR) is 141 cm³/mol. The summed E-state index contributed by atoms with van der Waals surface area (Å²) in [5, 5.41) is 3.93. The van der Waals surface area contributed by atoms with Crippen LogP contribution in [0.25, 0.3) is 16.6 Å². The Balaban J connectivity index is 1.53. The first-order chi connectivity index (χ1) is 19.1. The van der Waals surface area contributed by atoms with Crippen molar-refractivity contribution in [2.45, 2.75) is 31.6 Å². The molecule has 10 heteroatoms. The number of carbonyl (C=O) groups is 2. The van der Waals surface area contributed by atoms with Crippen molar-refractivity contribution in [3.63, 3.8) is 0 Å². The zero-order valence-electron chi connectivity index (χ0n) is 21.4. The van der Waals surface area contributed by atoms with Crippen molar-refractivity contribution in [3.05, 3.63) is 100 Å². The van der Waals surface area contributed by atoms with Gasteiger partial charge in [0.05, 0.1) is 39.7 Å². The Morgan fingerprint density at radius 1 is 0.875 bits per heavy atom. The van der Waals surface area contributed by atoms with E-state index in [1.54, 1.807) is 48.5 Å². The van der Waals surface area contributed by atoms with Crippen LogP contribution in [0.2, 0.25) is 0 Å². The van der Waals surface area contributed by atoms with E-state index in [1.807, 2.05) is 13.8 Å². The third kappa shape index (κ3) is 2.99. The van der Waals surface area contributed by atoms with Crippen LogP contribution in [0.3, 0.4) is 0 Å². The molecule has 0 radical (unpaired) electrons. The number of rotatable bonds is 2. The van der Waals surface area contributed by atoms with Crippen LogP contribution < -0.4 is 15.8 Å². The van der Waals surface area contributed by atoms with Crippen LogP contribution >= 0.6 is 0 Å². The quantitative estimate of drug-likeness (QED) is 0.379. The molecule has 4 heterocycles.